The maximum atomic E-state index is 13.9. The van der Waals surface area contributed by atoms with E-state index in [0.717, 1.165) is 12.1 Å². The number of halogens is 4. The summed E-state index contributed by atoms with van der Waals surface area (Å²) in [4.78, 5) is 26.4. The third kappa shape index (κ3) is 5.68. The van der Waals surface area contributed by atoms with Gasteiger partial charge in [-0.2, -0.15) is 8.78 Å². The SMILES string of the molecule is COc1cc(CNC(=O)C2CCN(C(=O)c3ccc(F)cc3F)CC2)ccc1OC(F)F. The van der Waals surface area contributed by atoms with Crippen LogP contribution in [-0.4, -0.2) is 43.5 Å². The second kappa shape index (κ2) is 10.3. The lowest BCUT2D eigenvalue weighted by Gasteiger charge is -2.31. The van der Waals surface area contributed by atoms with E-state index in [1.165, 1.54) is 24.1 Å². The van der Waals surface area contributed by atoms with Crippen molar-refractivity contribution in [2.45, 2.75) is 26.0 Å². The second-order valence-electron chi connectivity index (χ2n) is 7.27. The summed E-state index contributed by atoms with van der Waals surface area (Å²) in [6.45, 7) is -2.29. The molecular formula is C22H22F4N2O4. The van der Waals surface area contributed by atoms with Gasteiger partial charge in [-0.3, -0.25) is 9.59 Å². The second-order valence-corrected chi connectivity index (χ2v) is 7.27. The number of benzene rings is 2. The van der Waals surface area contributed by atoms with E-state index in [2.05, 4.69) is 10.1 Å². The Balaban J connectivity index is 1.52. The molecule has 3 rings (SSSR count). The summed E-state index contributed by atoms with van der Waals surface area (Å²) >= 11 is 0. The quantitative estimate of drug-likeness (QED) is 0.648. The highest BCUT2D eigenvalue weighted by molar-refractivity contribution is 5.94. The predicted molar refractivity (Wildman–Crippen MR) is 106 cm³/mol. The van der Waals surface area contributed by atoms with Gasteiger partial charge in [0.15, 0.2) is 11.5 Å². The number of piperidine rings is 1. The van der Waals surface area contributed by atoms with Gasteiger partial charge >= 0.3 is 6.61 Å². The molecule has 2 aromatic carbocycles. The fourth-order valence-electron chi connectivity index (χ4n) is 3.53. The standard InChI is InChI=1S/C22H22F4N2O4/c1-31-19-10-13(2-5-18(19)32-22(25)26)12-27-20(29)14-6-8-28(9-7-14)21(30)16-4-3-15(23)11-17(16)24/h2-5,10-11,14,22H,6-9,12H2,1H3,(H,27,29). The largest absolute Gasteiger partial charge is 0.493 e. The van der Waals surface area contributed by atoms with Gasteiger partial charge in [0.2, 0.25) is 5.91 Å². The van der Waals surface area contributed by atoms with Crippen LogP contribution in [0.3, 0.4) is 0 Å². The molecule has 0 spiro atoms. The topological polar surface area (TPSA) is 67.9 Å². The van der Waals surface area contributed by atoms with E-state index < -0.39 is 24.2 Å². The molecule has 6 nitrogen and oxygen atoms in total. The van der Waals surface area contributed by atoms with Crippen LogP contribution in [0.5, 0.6) is 11.5 Å². The van der Waals surface area contributed by atoms with Crippen molar-refractivity contribution in [2.24, 2.45) is 5.92 Å². The average molecular weight is 454 g/mol. The van der Waals surface area contributed by atoms with E-state index in [9.17, 15) is 27.2 Å². The van der Waals surface area contributed by atoms with Gasteiger partial charge in [0.25, 0.3) is 5.91 Å². The maximum Gasteiger partial charge on any atom is 0.387 e. The molecule has 1 heterocycles. The molecule has 1 aliphatic rings. The Bertz CT molecular complexity index is 978. The number of alkyl halides is 2. The molecule has 1 N–H and O–H groups in total. The first kappa shape index (κ1) is 23.4. The number of methoxy groups -OCH3 is 1. The van der Waals surface area contributed by atoms with Crippen LogP contribution in [0.2, 0.25) is 0 Å². The first-order valence-corrected chi connectivity index (χ1v) is 9.92. The predicted octanol–water partition coefficient (Wildman–Crippen LogP) is 3.74. The Morgan fingerprint density at radius 3 is 2.44 bits per heavy atom. The van der Waals surface area contributed by atoms with Gasteiger partial charge in [0, 0.05) is 31.6 Å². The number of nitrogens with zero attached hydrogens (tertiary/aromatic N) is 1. The molecular weight excluding hydrogens is 432 g/mol. The van der Waals surface area contributed by atoms with Crippen molar-refractivity contribution in [1.29, 1.82) is 0 Å². The Morgan fingerprint density at radius 1 is 1.09 bits per heavy atom. The third-order valence-electron chi connectivity index (χ3n) is 5.23. The van der Waals surface area contributed by atoms with Crippen LogP contribution in [-0.2, 0) is 11.3 Å². The summed E-state index contributed by atoms with van der Waals surface area (Å²) in [6.07, 6.45) is 0.787. The summed E-state index contributed by atoms with van der Waals surface area (Å²) in [5.41, 5.74) is 0.429. The molecule has 2 aromatic rings. The van der Waals surface area contributed by atoms with Crippen molar-refractivity contribution in [3.8, 4) is 11.5 Å². The highest BCUT2D eigenvalue weighted by Crippen LogP contribution is 2.29. The third-order valence-corrected chi connectivity index (χ3v) is 5.23. The molecule has 2 amide bonds. The van der Waals surface area contributed by atoms with E-state index in [0.29, 0.717) is 24.5 Å². The van der Waals surface area contributed by atoms with Crippen LogP contribution >= 0.6 is 0 Å². The van der Waals surface area contributed by atoms with Crippen molar-refractivity contribution >= 4 is 11.8 Å². The molecule has 1 fully saturated rings. The minimum absolute atomic E-state index is 0.104. The zero-order valence-electron chi connectivity index (χ0n) is 17.2. The zero-order chi connectivity index (χ0) is 23.3. The number of nitrogens with one attached hydrogen (secondary N) is 1. The Hall–Kier alpha value is -3.30. The van der Waals surface area contributed by atoms with Crippen molar-refractivity contribution in [1.82, 2.24) is 10.2 Å². The van der Waals surface area contributed by atoms with Gasteiger partial charge in [-0.15, -0.1) is 0 Å². The molecule has 0 aliphatic carbocycles. The number of amides is 2. The summed E-state index contributed by atoms with van der Waals surface area (Å²) in [6, 6.07) is 7.17. The molecule has 0 atom stereocenters. The van der Waals surface area contributed by atoms with Crippen LogP contribution in [0.25, 0.3) is 0 Å². The van der Waals surface area contributed by atoms with E-state index in [1.54, 1.807) is 6.07 Å². The summed E-state index contributed by atoms with van der Waals surface area (Å²) in [7, 11) is 1.32. The van der Waals surface area contributed by atoms with E-state index >= 15 is 0 Å². The van der Waals surface area contributed by atoms with Crippen LogP contribution in [0.15, 0.2) is 36.4 Å². The normalized spacial score (nSPS) is 14.4. The minimum atomic E-state index is -2.98. The lowest BCUT2D eigenvalue weighted by molar-refractivity contribution is -0.126. The monoisotopic (exact) mass is 454 g/mol. The molecule has 172 valence electrons. The first-order chi connectivity index (χ1) is 15.3. The molecule has 32 heavy (non-hydrogen) atoms. The number of hydrogen-bond acceptors (Lipinski definition) is 4. The van der Waals surface area contributed by atoms with Crippen molar-refractivity contribution in [3.05, 3.63) is 59.2 Å². The number of rotatable bonds is 7. The van der Waals surface area contributed by atoms with Crippen LogP contribution in [0.1, 0.15) is 28.8 Å². The Labute approximate surface area is 182 Å². The fourth-order valence-corrected chi connectivity index (χ4v) is 3.53. The highest BCUT2D eigenvalue weighted by Gasteiger charge is 2.29. The lowest BCUT2D eigenvalue weighted by Crippen LogP contribution is -2.43. The van der Waals surface area contributed by atoms with E-state index in [-0.39, 0.29) is 48.5 Å². The average Bonchev–Trinajstić information content (AvgIpc) is 2.77. The maximum absolute atomic E-state index is 13.9. The Kier molecular flexibility index (Phi) is 7.55. The molecule has 0 radical (unpaired) electrons. The molecule has 1 saturated heterocycles. The summed E-state index contributed by atoms with van der Waals surface area (Å²) in [5, 5.41) is 2.78. The number of likely N-dealkylation sites (tertiary alicyclic amines) is 1. The fraction of sp³-hybridized carbons (Fsp3) is 0.364. The molecule has 0 unspecified atom stereocenters. The molecule has 0 aromatic heterocycles. The van der Waals surface area contributed by atoms with E-state index in [1.807, 2.05) is 0 Å². The number of carbonyl (C=O) groups is 2. The molecule has 1 aliphatic heterocycles. The van der Waals surface area contributed by atoms with Gasteiger partial charge in [-0.25, -0.2) is 8.78 Å². The highest BCUT2D eigenvalue weighted by atomic mass is 19.3. The van der Waals surface area contributed by atoms with Crippen molar-refractivity contribution in [2.75, 3.05) is 20.2 Å². The summed E-state index contributed by atoms with van der Waals surface area (Å²) < 4.78 is 61.1. The van der Waals surface area contributed by atoms with Gasteiger partial charge < -0.3 is 19.7 Å². The molecule has 10 heteroatoms. The van der Waals surface area contributed by atoms with E-state index in [4.69, 9.17) is 4.74 Å². The van der Waals surface area contributed by atoms with Gasteiger partial charge in [0.05, 0.1) is 12.7 Å². The van der Waals surface area contributed by atoms with Crippen molar-refractivity contribution < 1.29 is 36.6 Å². The smallest absolute Gasteiger partial charge is 0.387 e. The van der Waals surface area contributed by atoms with Gasteiger partial charge in [-0.05, 0) is 42.7 Å². The van der Waals surface area contributed by atoms with Gasteiger partial charge in [-0.1, -0.05) is 6.07 Å². The van der Waals surface area contributed by atoms with Crippen LogP contribution < -0.4 is 14.8 Å². The number of carbonyl (C=O) groups excluding carboxylic acids is 2. The number of ether oxygens (including phenoxy) is 2. The van der Waals surface area contributed by atoms with Crippen molar-refractivity contribution in [3.63, 3.8) is 0 Å². The minimum Gasteiger partial charge on any atom is -0.493 e. The van der Waals surface area contributed by atoms with Crippen LogP contribution in [0, 0.1) is 17.6 Å². The van der Waals surface area contributed by atoms with Gasteiger partial charge in [0.1, 0.15) is 11.6 Å². The van der Waals surface area contributed by atoms with Crippen LogP contribution in [0.4, 0.5) is 17.6 Å². The first-order valence-electron chi connectivity index (χ1n) is 9.92. The lowest BCUT2D eigenvalue weighted by atomic mass is 9.95. The zero-order valence-corrected chi connectivity index (χ0v) is 17.2. The Morgan fingerprint density at radius 2 is 1.81 bits per heavy atom. The molecule has 0 saturated carbocycles. The number of hydrogen-bond donors (Lipinski definition) is 1. The summed E-state index contributed by atoms with van der Waals surface area (Å²) in [5.74, 6) is -2.75. The molecule has 0 bridgehead atoms.